The molecule has 0 saturated carbocycles. The van der Waals surface area contributed by atoms with E-state index in [0.29, 0.717) is 17.5 Å². The molecule has 0 amide bonds. The molecule has 1 atom stereocenters. The summed E-state index contributed by atoms with van der Waals surface area (Å²) >= 11 is 5.91. The zero-order chi connectivity index (χ0) is 11.4. The average Bonchev–Trinajstić information content (AvgIpc) is 2.80. The highest BCUT2D eigenvalue weighted by molar-refractivity contribution is 6.30. The van der Waals surface area contributed by atoms with Crippen molar-refractivity contribution >= 4 is 17.3 Å². The van der Waals surface area contributed by atoms with Crippen LogP contribution in [-0.2, 0) is 4.74 Å². The van der Waals surface area contributed by atoms with E-state index >= 15 is 0 Å². The predicted molar refractivity (Wildman–Crippen MR) is 65.4 cm³/mol. The van der Waals surface area contributed by atoms with E-state index in [1.807, 2.05) is 25.2 Å². The molecule has 3 nitrogen and oxygen atoms in total. The van der Waals surface area contributed by atoms with Gasteiger partial charge in [0, 0.05) is 24.6 Å². The molecule has 16 heavy (non-hydrogen) atoms. The van der Waals surface area contributed by atoms with Gasteiger partial charge >= 0.3 is 0 Å². The standard InChI is InChI=1S/C12H16ClNO2/c1-14-11-6-10(13)2-3-12(11)16-8-9-4-5-15-7-9/h2-3,6,9,14H,4-5,7-8H2,1H3/t9-/m1/s1. The molecular formula is C12H16ClNO2. The topological polar surface area (TPSA) is 30.5 Å². The number of hydrogen-bond acceptors (Lipinski definition) is 3. The molecule has 1 heterocycles. The summed E-state index contributed by atoms with van der Waals surface area (Å²) in [5.41, 5.74) is 0.923. The van der Waals surface area contributed by atoms with Crippen LogP contribution in [0.5, 0.6) is 5.75 Å². The third-order valence-corrected chi connectivity index (χ3v) is 2.94. The Labute approximate surface area is 101 Å². The van der Waals surface area contributed by atoms with Gasteiger partial charge in [-0.1, -0.05) is 11.6 Å². The molecule has 4 heteroatoms. The Balaban J connectivity index is 1.97. The van der Waals surface area contributed by atoms with Crippen LogP contribution in [0.25, 0.3) is 0 Å². The normalized spacial score (nSPS) is 19.8. The van der Waals surface area contributed by atoms with Crippen molar-refractivity contribution in [2.24, 2.45) is 5.92 Å². The van der Waals surface area contributed by atoms with Gasteiger partial charge in [-0.15, -0.1) is 0 Å². The second-order valence-corrected chi connectivity index (χ2v) is 4.37. The van der Waals surface area contributed by atoms with Crippen LogP contribution in [0.15, 0.2) is 18.2 Å². The smallest absolute Gasteiger partial charge is 0.142 e. The zero-order valence-electron chi connectivity index (χ0n) is 9.33. The first-order valence-corrected chi connectivity index (χ1v) is 5.85. The fourth-order valence-electron chi connectivity index (χ4n) is 1.75. The van der Waals surface area contributed by atoms with E-state index in [9.17, 15) is 0 Å². The average molecular weight is 242 g/mol. The lowest BCUT2D eigenvalue weighted by Crippen LogP contribution is -2.12. The molecule has 0 radical (unpaired) electrons. The summed E-state index contributed by atoms with van der Waals surface area (Å²) in [5, 5.41) is 3.78. The van der Waals surface area contributed by atoms with Crippen molar-refractivity contribution in [3.63, 3.8) is 0 Å². The Morgan fingerprint density at radius 2 is 2.44 bits per heavy atom. The highest BCUT2D eigenvalue weighted by Crippen LogP contribution is 2.28. The summed E-state index contributed by atoms with van der Waals surface area (Å²) < 4.78 is 11.1. The first-order valence-electron chi connectivity index (χ1n) is 5.47. The summed E-state index contributed by atoms with van der Waals surface area (Å²) in [7, 11) is 1.86. The molecule has 2 rings (SSSR count). The predicted octanol–water partition coefficient (Wildman–Crippen LogP) is 2.80. The molecule has 0 aromatic heterocycles. The van der Waals surface area contributed by atoms with Crippen molar-refractivity contribution in [3.05, 3.63) is 23.2 Å². The summed E-state index contributed by atoms with van der Waals surface area (Å²) in [5.74, 6) is 1.36. The molecule has 1 fully saturated rings. The minimum Gasteiger partial charge on any atom is -0.491 e. The van der Waals surface area contributed by atoms with Crippen molar-refractivity contribution in [1.82, 2.24) is 0 Å². The number of hydrogen-bond donors (Lipinski definition) is 1. The Morgan fingerprint density at radius 1 is 1.56 bits per heavy atom. The molecule has 1 aromatic rings. The van der Waals surface area contributed by atoms with Gasteiger partial charge in [0.2, 0.25) is 0 Å². The van der Waals surface area contributed by atoms with Crippen LogP contribution in [0.4, 0.5) is 5.69 Å². The summed E-state index contributed by atoms with van der Waals surface area (Å²) in [6.07, 6.45) is 1.09. The maximum atomic E-state index is 5.91. The van der Waals surface area contributed by atoms with Crippen molar-refractivity contribution in [2.45, 2.75) is 6.42 Å². The largest absolute Gasteiger partial charge is 0.491 e. The summed E-state index contributed by atoms with van der Waals surface area (Å²) in [6.45, 7) is 2.37. The third kappa shape index (κ3) is 2.80. The molecule has 0 spiro atoms. The maximum Gasteiger partial charge on any atom is 0.142 e. The summed E-state index contributed by atoms with van der Waals surface area (Å²) in [6, 6.07) is 5.59. The second-order valence-electron chi connectivity index (χ2n) is 3.93. The minimum absolute atomic E-state index is 0.514. The van der Waals surface area contributed by atoms with Crippen LogP contribution >= 0.6 is 11.6 Å². The summed E-state index contributed by atoms with van der Waals surface area (Å²) in [4.78, 5) is 0. The highest BCUT2D eigenvalue weighted by Gasteiger charge is 2.16. The fraction of sp³-hybridized carbons (Fsp3) is 0.500. The molecule has 1 aromatic carbocycles. The molecule has 1 aliphatic rings. The van der Waals surface area contributed by atoms with Crippen molar-refractivity contribution < 1.29 is 9.47 Å². The Hall–Kier alpha value is -0.930. The first-order chi connectivity index (χ1) is 7.79. The Bertz CT molecular complexity index is 351. The van der Waals surface area contributed by atoms with Crippen LogP contribution < -0.4 is 10.1 Å². The lowest BCUT2D eigenvalue weighted by molar-refractivity contribution is 0.167. The molecule has 88 valence electrons. The molecule has 0 aliphatic carbocycles. The lowest BCUT2D eigenvalue weighted by Gasteiger charge is -2.13. The van der Waals surface area contributed by atoms with E-state index in [-0.39, 0.29) is 0 Å². The van der Waals surface area contributed by atoms with E-state index in [1.165, 1.54) is 0 Å². The molecule has 1 saturated heterocycles. The fourth-order valence-corrected chi connectivity index (χ4v) is 1.92. The first kappa shape index (κ1) is 11.6. The van der Waals surface area contributed by atoms with Crippen LogP contribution in [0.1, 0.15) is 6.42 Å². The van der Waals surface area contributed by atoms with Gasteiger partial charge in [0.05, 0.1) is 18.9 Å². The molecule has 1 N–H and O–H groups in total. The molecular weight excluding hydrogens is 226 g/mol. The molecule has 0 bridgehead atoms. The van der Waals surface area contributed by atoms with Crippen LogP contribution in [-0.4, -0.2) is 26.9 Å². The van der Waals surface area contributed by atoms with Gasteiger partial charge in [-0.3, -0.25) is 0 Å². The number of nitrogens with one attached hydrogen (secondary N) is 1. The maximum absolute atomic E-state index is 5.91. The van der Waals surface area contributed by atoms with E-state index in [4.69, 9.17) is 21.1 Å². The third-order valence-electron chi connectivity index (χ3n) is 2.71. The number of halogens is 1. The van der Waals surface area contributed by atoms with Gasteiger partial charge in [0.15, 0.2) is 0 Å². The SMILES string of the molecule is CNc1cc(Cl)ccc1OC[C@@H]1CCOC1. The van der Waals surface area contributed by atoms with Gasteiger partial charge in [-0.05, 0) is 24.6 Å². The van der Waals surface area contributed by atoms with Crippen LogP contribution in [0.2, 0.25) is 5.02 Å². The van der Waals surface area contributed by atoms with Gasteiger partial charge < -0.3 is 14.8 Å². The van der Waals surface area contributed by atoms with Crippen molar-refractivity contribution in [1.29, 1.82) is 0 Å². The van der Waals surface area contributed by atoms with Crippen molar-refractivity contribution in [3.8, 4) is 5.75 Å². The van der Waals surface area contributed by atoms with E-state index < -0.39 is 0 Å². The Morgan fingerprint density at radius 3 is 3.12 bits per heavy atom. The van der Waals surface area contributed by atoms with Crippen LogP contribution in [0.3, 0.4) is 0 Å². The van der Waals surface area contributed by atoms with Gasteiger partial charge in [-0.25, -0.2) is 0 Å². The van der Waals surface area contributed by atoms with Gasteiger partial charge in [0.1, 0.15) is 5.75 Å². The zero-order valence-corrected chi connectivity index (χ0v) is 10.1. The molecule has 1 aliphatic heterocycles. The van der Waals surface area contributed by atoms with Gasteiger partial charge in [0.25, 0.3) is 0 Å². The Kier molecular flexibility index (Phi) is 3.91. The van der Waals surface area contributed by atoms with Crippen molar-refractivity contribution in [2.75, 3.05) is 32.2 Å². The number of rotatable bonds is 4. The number of ether oxygens (including phenoxy) is 2. The monoisotopic (exact) mass is 241 g/mol. The quantitative estimate of drug-likeness (QED) is 0.879. The second kappa shape index (κ2) is 5.41. The lowest BCUT2D eigenvalue weighted by atomic mass is 10.1. The van der Waals surface area contributed by atoms with E-state index in [1.54, 1.807) is 0 Å². The van der Waals surface area contributed by atoms with E-state index in [0.717, 1.165) is 31.1 Å². The van der Waals surface area contributed by atoms with E-state index in [2.05, 4.69) is 5.32 Å². The van der Waals surface area contributed by atoms with Crippen LogP contribution in [0, 0.1) is 5.92 Å². The molecule has 0 unspecified atom stereocenters. The number of anilines is 1. The number of benzene rings is 1. The highest BCUT2D eigenvalue weighted by atomic mass is 35.5. The van der Waals surface area contributed by atoms with Gasteiger partial charge in [-0.2, -0.15) is 0 Å². The minimum atomic E-state index is 0.514.